The van der Waals surface area contributed by atoms with Gasteiger partial charge in [-0.05, 0) is 86.0 Å². The van der Waals surface area contributed by atoms with E-state index >= 15 is 0 Å². The van der Waals surface area contributed by atoms with Gasteiger partial charge >= 0.3 is 0 Å². The largest absolute Gasteiger partial charge is 0.455 e. The molecular weight excluding hydrogens is 548 g/mol. The molecule has 1 fully saturated rings. The molecule has 7 aromatic rings. The quantitative estimate of drug-likeness (QED) is 0.161. The molecule has 0 bridgehead atoms. The fourth-order valence-corrected chi connectivity index (χ4v) is 7.69. The Kier molecular flexibility index (Phi) is 5.47. The fraction of sp³-hybridized carbons (Fsp3) is 0.0714. The smallest absolute Gasteiger partial charge is 0.144 e. The molecule has 3 heteroatoms. The molecule has 2 atom stereocenters. The molecule has 2 aliphatic rings. The summed E-state index contributed by atoms with van der Waals surface area (Å²) in [5, 5.41) is 22.2. The number of hydrogen-bond donors (Lipinski definition) is 2. The first-order valence-electron chi connectivity index (χ1n) is 15.5. The molecule has 9 rings (SSSR count). The van der Waals surface area contributed by atoms with Crippen LogP contribution in [0.15, 0.2) is 156 Å². The lowest BCUT2D eigenvalue weighted by Gasteiger charge is -2.23. The fourth-order valence-electron chi connectivity index (χ4n) is 7.69. The van der Waals surface area contributed by atoms with E-state index in [1.807, 2.05) is 31.2 Å². The number of benzene rings is 6. The molecule has 0 radical (unpaired) electrons. The average Bonchev–Trinajstić information content (AvgIpc) is 3.71. The molecule has 6 aromatic carbocycles. The number of para-hydroxylation sites is 1. The maximum absolute atomic E-state index is 9.16. The van der Waals surface area contributed by atoms with Gasteiger partial charge < -0.3 is 9.83 Å². The molecule has 2 unspecified atom stereocenters. The third-order valence-corrected chi connectivity index (χ3v) is 9.76. The lowest BCUT2D eigenvalue weighted by molar-refractivity contribution is 0.672. The lowest BCUT2D eigenvalue weighted by atomic mass is 9.79. The summed E-state index contributed by atoms with van der Waals surface area (Å²) < 4.78 is 6.84. The summed E-state index contributed by atoms with van der Waals surface area (Å²) in [6.45, 7) is 6.12. The van der Waals surface area contributed by atoms with Crippen molar-refractivity contribution < 1.29 is 4.42 Å². The molecule has 45 heavy (non-hydrogen) atoms. The van der Waals surface area contributed by atoms with Crippen LogP contribution in [0.4, 0.5) is 0 Å². The Morgan fingerprint density at radius 2 is 1.47 bits per heavy atom. The summed E-state index contributed by atoms with van der Waals surface area (Å²) in [6.07, 6.45) is 9.98. The molecular formula is C42H30N2O. The third kappa shape index (κ3) is 3.53. The van der Waals surface area contributed by atoms with Crippen LogP contribution >= 0.6 is 0 Å². The van der Waals surface area contributed by atoms with Gasteiger partial charge in [0.25, 0.3) is 0 Å². The van der Waals surface area contributed by atoms with Crippen molar-refractivity contribution in [1.82, 2.24) is 5.32 Å². The van der Waals surface area contributed by atoms with Gasteiger partial charge in [0.15, 0.2) is 0 Å². The molecule has 0 amide bonds. The maximum atomic E-state index is 9.16. The van der Waals surface area contributed by atoms with Gasteiger partial charge in [-0.2, -0.15) is 0 Å². The van der Waals surface area contributed by atoms with Crippen LogP contribution in [-0.4, -0.2) is 11.3 Å². The standard InChI is InChI=1S/C42H30N2O/c1-3-12-35-25(4-2)20-22-37(43)42(35)41(44-42)34-24-33-29-16-9-8-15-28(29)32-23-27(26-13-6-5-7-14-26)19-21-30(32)38(33)40-39(34)31-17-10-11-18-36(31)45-40/h3-24,41,43-44H,2H2,1H3/b12-3-,43-37?. The predicted octanol–water partition coefficient (Wildman–Crippen LogP) is 10.7. The van der Waals surface area contributed by atoms with E-state index in [-0.39, 0.29) is 6.04 Å². The van der Waals surface area contributed by atoms with E-state index in [1.54, 1.807) is 0 Å². The monoisotopic (exact) mass is 578 g/mol. The topological polar surface area (TPSA) is 58.9 Å². The summed E-state index contributed by atoms with van der Waals surface area (Å²) in [5.74, 6) is 0. The Morgan fingerprint density at radius 3 is 2.24 bits per heavy atom. The van der Waals surface area contributed by atoms with Crippen molar-refractivity contribution in [3.8, 4) is 11.1 Å². The second-order valence-electron chi connectivity index (χ2n) is 12.1. The van der Waals surface area contributed by atoms with E-state index in [9.17, 15) is 0 Å². The highest BCUT2D eigenvalue weighted by Gasteiger charge is 2.60. The molecule has 2 N–H and O–H groups in total. The van der Waals surface area contributed by atoms with Crippen LogP contribution in [0.2, 0.25) is 0 Å². The number of fused-ring (bicyclic) bond motifs is 10. The van der Waals surface area contributed by atoms with Crippen LogP contribution in [0.5, 0.6) is 0 Å². The number of allylic oxidation sites excluding steroid dienone is 4. The van der Waals surface area contributed by atoms with E-state index in [1.165, 1.54) is 32.7 Å². The minimum absolute atomic E-state index is 0.0982. The van der Waals surface area contributed by atoms with Crippen molar-refractivity contribution >= 4 is 60.0 Å². The average molecular weight is 579 g/mol. The van der Waals surface area contributed by atoms with E-state index in [0.717, 1.165) is 49.4 Å². The Hall–Kier alpha value is -5.51. The summed E-state index contributed by atoms with van der Waals surface area (Å²) in [7, 11) is 0. The Morgan fingerprint density at radius 1 is 0.733 bits per heavy atom. The normalized spacial score (nSPS) is 19.8. The second kappa shape index (κ2) is 9.49. The van der Waals surface area contributed by atoms with Crippen molar-refractivity contribution in [3.05, 3.63) is 157 Å². The Balaban J connectivity index is 1.41. The zero-order valence-corrected chi connectivity index (χ0v) is 24.9. The van der Waals surface area contributed by atoms with Crippen molar-refractivity contribution in [2.45, 2.75) is 18.5 Å². The number of rotatable bonds is 4. The van der Waals surface area contributed by atoms with E-state index in [2.05, 4.69) is 121 Å². The zero-order valence-electron chi connectivity index (χ0n) is 24.9. The first-order valence-corrected chi connectivity index (χ1v) is 15.5. The van der Waals surface area contributed by atoms with Gasteiger partial charge in [0.05, 0.1) is 11.8 Å². The highest BCUT2D eigenvalue weighted by molar-refractivity contribution is 6.33. The highest BCUT2D eigenvalue weighted by atomic mass is 16.3. The van der Waals surface area contributed by atoms with E-state index in [0.29, 0.717) is 5.71 Å². The molecule has 1 aromatic heterocycles. The van der Waals surface area contributed by atoms with Crippen LogP contribution in [0, 0.1) is 5.41 Å². The van der Waals surface area contributed by atoms with Crippen molar-refractivity contribution in [2.24, 2.45) is 0 Å². The number of furan rings is 1. The maximum Gasteiger partial charge on any atom is 0.144 e. The minimum atomic E-state index is -0.624. The first kappa shape index (κ1) is 25.9. The van der Waals surface area contributed by atoms with Crippen LogP contribution < -0.4 is 5.32 Å². The van der Waals surface area contributed by atoms with E-state index in [4.69, 9.17) is 9.83 Å². The SMILES string of the molecule is C=CC1=C(/C=C\C)C2(NC2c2cc3c4ccccc4c4cc(-c5ccccc5)ccc4c3c3oc4ccccc4c23)C(=N)C=C1. The molecule has 1 aliphatic heterocycles. The number of nitrogens with one attached hydrogen (secondary N) is 2. The molecule has 1 saturated heterocycles. The summed E-state index contributed by atoms with van der Waals surface area (Å²) in [6, 6.07) is 36.7. The molecule has 214 valence electrons. The van der Waals surface area contributed by atoms with Gasteiger partial charge in [0.1, 0.15) is 16.7 Å². The summed E-state index contributed by atoms with van der Waals surface area (Å²) >= 11 is 0. The van der Waals surface area contributed by atoms with Gasteiger partial charge in [-0.1, -0.05) is 116 Å². The van der Waals surface area contributed by atoms with Crippen LogP contribution in [0.25, 0.3) is 65.4 Å². The Bertz CT molecular complexity index is 2510. The van der Waals surface area contributed by atoms with Crippen molar-refractivity contribution in [3.63, 3.8) is 0 Å². The van der Waals surface area contributed by atoms with Crippen LogP contribution in [-0.2, 0) is 0 Å². The number of hydrogen-bond acceptors (Lipinski definition) is 3. The second-order valence-corrected chi connectivity index (χ2v) is 12.1. The van der Waals surface area contributed by atoms with Gasteiger partial charge in [0, 0.05) is 16.2 Å². The molecule has 2 heterocycles. The Labute approximate surface area is 261 Å². The van der Waals surface area contributed by atoms with Gasteiger partial charge in [-0.3, -0.25) is 5.32 Å². The van der Waals surface area contributed by atoms with Crippen molar-refractivity contribution in [1.29, 1.82) is 5.41 Å². The summed E-state index contributed by atoms with van der Waals surface area (Å²) in [5.41, 5.74) is 7.37. The molecule has 1 aliphatic carbocycles. The lowest BCUT2D eigenvalue weighted by Crippen LogP contribution is -2.31. The predicted molar refractivity (Wildman–Crippen MR) is 189 cm³/mol. The minimum Gasteiger partial charge on any atom is -0.455 e. The summed E-state index contributed by atoms with van der Waals surface area (Å²) in [4.78, 5) is 0. The van der Waals surface area contributed by atoms with Crippen LogP contribution in [0.1, 0.15) is 18.5 Å². The zero-order chi connectivity index (χ0) is 30.3. The van der Waals surface area contributed by atoms with Gasteiger partial charge in [-0.25, -0.2) is 0 Å². The first-order chi connectivity index (χ1) is 22.1. The highest BCUT2D eigenvalue weighted by Crippen LogP contribution is 2.55. The van der Waals surface area contributed by atoms with Gasteiger partial charge in [-0.15, -0.1) is 0 Å². The van der Waals surface area contributed by atoms with Crippen LogP contribution in [0.3, 0.4) is 0 Å². The molecule has 3 nitrogen and oxygen atoms in total. The molecule has 1 spiro atoms. The van der Waals surface area contributed by atoms with E-state index < -0.39 is 5.54 Å². The van der Waals surface area contributed by atoms with Crippen molar-refractivity contribution in [2.75, 3.05) is 0 Å². The molecule has 0 saturated carbocycles. The van der Waals surface area contributed by atoms with Gasteiger partial charge in [0.2, 0.25) is 0 Å². The third-order valence-electron chi connectivity index (χ3n) is 9.76.